The number of hydrogen-bond donors (Lipinski definition) is 1. The van der Waals surface area contributed by atoms with E-state index in [2.05, 4.69) is 9.97 Å². The Morgan fingerprint density at radius 1 is 1.17 bits per heavy atom. The second kappa shape index (κ2) is 10.2. The summed E-state index contributed by atoms with van der Waals surface area (Å²) in [7, 11) is -4.21. The molecule has 4 rings (SSSR count). The van der Waals surface area contributed by atoms with Gasteiger partial charge < -0.3 is 9.47 Å². The van der Waals surface area contributed by atoms with Crippen LogP contribution in [0.4, 0.5) is 4.39 Å². The van der Waals surface area contributed by atoms with Gasteiger partial charge in [-0.3, -0.25) is 4.79 Å². The summed E-state index contributed by atoms with van der Waals surface area (Å²) in [6.45, 7) is 6.30. The normalized spacial score (nSPS) is 14.7. The summed E-state index contributed by atoms with van der Waals surface area (Å²) in [5, 5.41) is -0.287. The summed E-state index contributed by atoms with van der Waals surface area (Å²) in [6, 6.07) is 11.6. The van der Waals surface area contributed by atoms with Crippen LogP contribution in [0.5, 0.6) is 11.6 Å². The van der Waals surface area contributed by atoms with Crippen molar-refractivity contribution in [3.63, 3.8) is 0 Å². The average molecular weight is 514 g/mol. The van der Waals surface area contributed by atoms with E-state index in [1.54, 1.807) is 12.1 Å². The predicted molar refractivity (Wildman–Crippen MR) is 132 cm³/mol. The summed E-state index contributed by atoms with van der Waals surface area (Å²) in [6.07, 6.45) is 3.81. The minimum atomic E-state index is -4.21. The van der Waals surface area contributed by atoms with Gasteiger partial charge in [-0.25, -0.2) is 19.1 Å². The third kappa shape index (κ3) is 5.99. The first kappa shape index (κ1) is 25.6. The van der Waals surface area contributed by atoms with Crippen molar-refractivity contribution < 1.29 is 27.1 Å². The molecule has 2 heterocycles. The highest BCUT2D eigenvalue weighted by atomic mass is 32.2. The van der Waals surface area contributed by atoms with E-state index in [0.29, 0.717) is 23.6 Å². The SMILES string of the molecule is CC(C)COc1cc(F)cc(-c2ccc(C(=O)NS(=O)(=O)c3ccccn3)c(OC3(C)CCC3)n2)c1. The van der Waals surface area contributed by atoms with E-state index in [1.807, 2.05) is 25.5 Å². The Bertz CT molecular complexity index is 1360. The van der Waals surface area contributed by atoms with Gasteiger partial charge in [0.25, 0.3) is 15.9 Å². The zero-order valence-corrected chi connectivity index (χ0v) is 21.1. The molecule has 1 aliphatic carbocycles. The first-order chi connectivity index (χ1) is 17.0. The molecule has 8 nitrogen and oxygen atoms in total. The Morgan fingerprint density at radius 3 is 2.58 bits per heavy atom. The quantitative estimate of drug-likeness (QED) is 0.440. The number of sulfonamides is 1. The second-order valence-corrected chi connectivity index (χ2v) is 11.1. The lowest BCUT2D eigenvalue weighted by molar-refractivity contribution is 0.00664. The topological polar surface area (TPSA) is 107 Å². The molecule has 0 radical (unpaired) electrons. The Hall–Kier alpha value is -3.53. The minimum absolute atomic E-state index is 0.0302. The molecule has 3 aromatic rings. The first-order valence-corrected chi connectivity index (χ1v) is 13.1. The van der Waals surface area contributed by atoms with Crippen LogP contribution in [0.15, 0.2) is 59.8 Å². The minimum Gasteiger partial charge on any atom is -0.493 e. The average Bonchev–Trinajstić information content (AvgIpc) is 2.81. The molecule has 0 spiro atoms. The number of benzene rings is 1. The van der Waals surface area contributed by atoms with Gasteiger partial charge in [0, 0.05) is 17.8 Å². The Balaban J connectivity index is 1.68. The van der Waals surface area contributed by atoms with E-state index >= 15 is 0 Å². The van der Waals surface area contributed by atoms with Crippen LogP contribution in [0.2, 0.25) is 0 Å². The van der Waals surface area contributed by atoms with Crippen molar-refractivity contribution in [2.75, 3.05) is 6.61 Å². The van der Waals surface area contributed by atoms with Crippen molar-refractivity contribution in [2.45, 2.75) is 50.7 Å². The Labute approximate surface area is 209 Å². The lowest BCUT2D eigenvalue weighted by Crippen LogP contribution is -2.40. The number of carbonyl (C=O) groups is 1. The zero-order valence-electron chi connectivity index (χ0n) is 20.3. The van der Waals surface area contributed by atoms with Gasteiger partial charge in [-0.1, -0.05) is 19.9 Å². The fraction of sp³-hybridized carbons (Fsp3) is 0.346. The van der Waals surface area contributed by atoms with Crippen molar-refractivity contribution in [3.05, 3.63) is 66.1 Å². The van der Waals surface area contributed by atoms with Crippen LogP contribution in [0.3, 0.4) is 0 Å². The number of hydrogen-bond acceptors (Lipinski definition) is 7. The highest BCUT2D eigenvalue weighted by Crippen LogP contribution is 2.37. The van der Waals surface area contributed by atoms with Crippen LogP contribution in [-0.4, -0.2) is 36.5 Å². The van der Waals surface area contributed by atoms with Gasteiger partial charge in [-0.2, -0.15) is 8.42 Å². The van der Waals surface area contributed by atoms with Crippen LogP contribution in [-0.2, 0) is 10.0 Å². The highest BCUT2D eigenvalue weighted by Gasteiger charge is 2.36. The van der Waals surface area contributed by atoms with Crippen LogP contribution in [0.25, 0.3) is 11.3 Å². The number of carbonyl (C=O) groups excluding carboxylic acids is 1. The van der Waals surface area contributed by atoms with Crippen LogP contribution < -0.4 is 14.2 Å². The molecule has 1 saturated carbocycles. The molecule has 10 heteroatoms. The number of ether oxygens (including phenoxy) is 2. The van der Waals surface area contributed by atoms with Gasteiger partial charge in [0.1, 0.15) is 22.7 Å². The van der Waals surface area contributed by atoms with E-state index in [4.69, 9.17) is 9.47 Å². The smallest absolute Gasteiger partial charge is 0.281 e. The third-order valence-corrected chi connectivity index (χ3v) is 7.00. The number of amides is 1. The molecule has 1 aromatic carbocycles. The van der Waals surface area contributed by atoms with Crippen molar-refractivity contribution in [3.8, 4) is 22.9 Å². The molecule has 1 N–H and O–H groups in total. The lowest BCUT2D eigenvalue weighted by Gasteiger charge is -2.38. The largest absolute Gasteiger partial charge is 0.493 e. The van der Waals surface area contributed by atoms with Crippen molar-refractivity contribution >= 4 is 15.9 Å². The molecule has 1 fully saturated rings. The lowest BCUT2D eigenvalue weighted by atomic mass is 9.82. The standard InChI is InChI=1S/C26H28FN3O5S/c1-17(2)16-34-20-14-18(13-19(27)15-20)22-9-8-21(25(29-22)35-26(3)10-6-11-26)24(31)30-36(32,33)23-7-4-5-12-28-23/h4-5,7-9,12-15,17H,6,10-11,16H2,1-3H3,(H,30,31). The van der Waals surface area contributed by atoms with Crippen molar-refractivity contribution in [1.82, 2.24) is 14.7 Å². The van der Waals surface area contributed by atoms with E-state index in [0.717, 1.165) is 19.3 Å². The second-order valence-electron chi connectivity index (χ2n) is 9.44. The molecule has 0 saturated heterocycles. The molecule has 190 valence electrons. The Kier molecular flexibility index (Phi) is 7.26. The van der Waals surface area contributed by atoms with E-state index < -0.39 is 27.3 Å². The molecule has 1 aliphatic rings. The summed E-state index contributed by atoms with van der Waals surface area (Å²) >= 11 is 0. The van der Waals surface area contributed by atoms with Crippen LogP contribution in [0.1, 0.15) is 50.4 Å². The van der Waals surface area contributed by atoms with Gasteiger partial charge in [-0.05, 0) is 68.5 Å². The highest BCUT2D eigenvalue weighted by molar-refractivity contribution is 7.90. The predicted octanol–water partition coefficient (Wildman–Crippen LogP) is 4.76. The maximum Gasteiger partial charge on any atom is 0.281 e. The molecule has 0 bridgehead atoms. The zero-order chi connectivity index (χ0) is 25.9. The molecule has 36 heavy (non-hydrogen) atoms. The molecule has 2 aromatic heterocycles. The number of halogens is 1. The van der Waals surface area contributed by atoms with Gasteiger partial charge in [0.15, 0.2) is 5.03 Å². The maximum atomic E-state index is 14.4. The van der Waals surface area contributed by atoms with Crippen molar-refractivity contribution in [1.29, 1.82) is 0 Å². The third-order valence-electron chi connectivity index (χ3n) is 5.75. The number of nitrogens with zero attached hydrogens (tertiary/aromatic N) is 2. The number of pyridine rings is 2. The van der Waals surface area contributed by atoms with Gasteiger partial charge >= 0.3 is 0 Å². The number of aromatic nitrogens is 2. The van der Waals surface area contributed by atoms with E-state index in [-0.39, 0.29) is 22.4 Å². The van der Waals surface area contributed by atoms with E-state index in [1.165, 1.54) is 42.6 Å². The monoisotopic (exact) mass is 513 g/mol. The van der Waals surface area contributed by atoms with Gasteiger partial charge in [-0.15, -0.1) is 0 Å². The summed E-state index contributed by atoms with van der Waals surface area (Å²) in [4.78, 5) is 21.3. The summed E-state index contributed by atoms with van der Waals surface area (Å²) in [5.41, 5.74) is 0.198. The van der Waals surface area contributed by atoms with E-state index in [9.17, 15) is 17.6 Å². The molecular weight excluding hydrogens is 485 g/mol. The fourth-order valence-corrected chi connectivity index (χ4v) is 4.57. The number of rotatable bonds is 9. The molecule has 0 aliphatic heterocycles. The first-order valence-electron chi connectivity index (χ1n) is 11.7. The molecule has 0 atom stereocenters. The van der Waals surface area contributed by atoms with Crippen molar-refractivity contribution in [2.24, 2.45) is 5.92 Å². The van der Waals surface area contributed by atoms with Gasteiger partial charge in [0.05, 0.1) is 12.3 Å². The fourth-order valence-electron chi connectivity index (χ4n) is 3.65. The van der Waals surface area contributed by atoms with Gasteiger partial charge in [0.2, 0.25) is 5.88 Å². The molecule has 0 unspecified atom stereocenters. The van der Waals surface area contributed by atoms with Crippen LogP contribution >= 0.6 is 0 Å². The summed E-state index contributed by atoms with van der Waals surface area (Å²) in [5.74, 6) is -0.810. The Morgan fingerprint density at radius 2 is 1.94 bits per heavy atom. The maximum absolute atomic E-state index is 14.4. The van der Waals surface area contributed by atoms with Crippen LogP contribution in [0, 0.1) is 11.7 Å². The molecule has 1 amide bonds. The number of nitrogens with one attached hydrogen (secondary N) is 1. The summed E-state index contributed by atoms with van der Waals surface area (Å²) < 4.78 is 53.4. The molecular formula is C26H28FN3O5S.